The summed E-state index contributed by atoms with van der Waals surface area (Å²) in [5.74, 6) is 1.91. The maximum absolute atomic E-state index is 6.07. The average molecular weight is 641 g/mol. The Labute approximate surface area is 286 Å². The Morgan fingerprint density at radius 3 is 1.04 bits per heavy atom. The van der Waals surface area contributed by atoms with Crippen LogP contribution in [0.3, 0.4) is 0 Å². The maximum Gasteiger partial charge on any atom is 0.248 e. The largest absolute Gasteiger partial charge is 0.416 e. The summed E-state index contributed by atoms with van der Waals surface area (Å²) in [6.07, 6.45) is 3.87. The zero-order chi connectivity index (χ0) is 34.0. The van der Waals surface area contributed by atoms with Gasteiger partial charge in [0.1, 0.15) is 0 Å². The lowest BCUT2D eigenvalue weighted by Crippen LogP contribution is -2.10. The van der Waals surface area contributed by atoms with E-state index in [1.54, 1.807) is 0 Å². The van der Waals surface area contributed by atoms with E-state index in [-0.39, 0.29) is 5.41 Å². The first kappa shape index (κ1) is 31.5. The molecular weight excluding hydrogens is 604 g/mol. The molecule has 49 heavy (non-hydrogen) atoms. The summed E-state index contributed by atoms with van der Waals surface area (Å²) in [5, 5.41) is 17.2. The summed E-state index contributed by atoms with van der Waals surface area (Å²) in [6.45, 7) is 12.5. The number of nitrogens with zero attached hydrogens (tertiary/aromatic N) is 4. The number of rotatable bonds is 8. The molecule has 0 aliphatic rings. The van der Waals surface area contributed by atoms with Crippen molar-refractivity contribution in [1.82, 2.24) is 20.4 Å². The van der Waals surface area contributed by atoms with Gasteiger partial charge in [-0.15, -0.1) is 20.4 Å². The predicted octanol–water partition coefficient (Wildman–Crippen LogP) is 11.3. The van der Waals surface area contributed by atoms with Crippen molar-refractivity contribution < 1.29 is 8.83 Å². The van der Waals surface area contributed by atoms with Gasteiger partial charge in [0.2, 0.25) is 23.6 Å². The van der Waals surface area contributed by atoms with Crippen molar-refractivity contribution in [3.05, 3.63) is 151 Å². The second kappa shape index (κ2) is 13.2. The van der Waals surface area contributed by atoms with Gasteiger partial charge in [-0.3, -0.25) is 0 Å². The number of hydrogen-bond donors (Lipinski definition) is 0. The highest BCUT2D eigenvalue weighted by Gasteiger charge is 2.15. The van der Waals surface area contributed by atoms with Crippen LogP contribution in [0.2, 0.25) is 0 Å². The third-order valence-corrected chi connectivity index (χ3v) is 8.66. The Morgan fingerprint density at radius 2 is 0.755 bits per heavy atom. The molecule has 2 aromatic heterocycles. The summed E-state index contributed by atoms with van der Waals surface area (Å²) in [4.78, 5) is 0. The van der Waals surface area contributed by atoms with E-state index in [4.69, 9.17) is 8.83 Å². The predicted molar refractivity (Wildman–Crippen MR) is 197 cm³/mol. The molecule has 0 fully saturated rings. The van der Waals surface area contributed by atoms with Gasteiger partial charge in [-0.1, -0.05) is 112 Å². The molecule has 0 N–H and O–H groups in total. The number of benzene rings is 5. The minimum atomic E-state index is 0.129. The molecule has 0 amide bonds. The lowest BCUT2D eigenvalue weighted by atomic mass is 9.86. The van der Waals surface area contributed by atoms with Gasteiger partial charge in [0.15, 0.2) is 0 Å². The van der Waals surface area contributed by atoms with Crippen molar-refractivity contribution in [2.45, 2.75) is 33.1 Å². The Kier molecular flexibility index (Phi) is 8.45. The molecule has 6 heteroatoms. The summed E-state index contributed by atoms with van der Waals surface area (Å²) in [5.41, 5.74) is 11.5. The van der Waals surface area contributed by atoms with Gasteiger partial charge < -0.3 is 8.83 Å². The monoisotopic (exact) mass is 640 g/mol. The van der Waals surface area contributed by atoms with Crippen molar-refractivity contribution in [3.63, 3.8) is 0 Å². The molecule has 6 nitrogen and oxygen atoms in total. The highest BCUT2D eigenvalue weighted by atomic mass is 16.4. The average Bonchev–Trinajstić information content (AvgIpc) is 3.84. The number of aromatic nitrogens is 4. The van der Waals surface area contributed by atoms with Crippen LogP contribution in [0.5, 0.6) is 0 Å². The van der Waals surface area contributed by atoms with Crippen LogP contribution in [-0.4, -0.2) is 20.4 Å². The van der Waals surface area contributed by atoms with Crippen molar-refractivity contribution in [2.75, 3.05) is 0 Å². The van der Waals surface area contributed by atoms with Crippen LogP contribution in [-0.2, 0) is 5.41 Å². The highest BCUT2D eigenvalue weighted by Crippen LogP contribution is 2.31. The van der Waals surface area contributed by atoms with E-state index in [1.165, 1.54) is 11.1 Å². The fourth-order valence-electron chi connectivity index (χ4n) is 5.70. The summed E-state index contributed by atoms with van der Waals surface area (Å²) < 4.78 is 12.1. The van der Waals surface area contributed by atoms with Crippen molar-refractivity contribution >= 4 is 5.57 Å². The molecule has 0 bridgehead atoms. The Hall–Kier alpha value is -6.14. The summed E-state index contributed by atoms with van der Waals surface area (Å²) in [6, 6.07) is 41.1. The minimum Gasteiger partial charge on any atom is -0.416 e. The first-order chi connectivity index (χ1) is 23.8. The molecule has 7 rings (SSSR count). The second-order valence-electron chi connectivity index (χ2n) is 12.9. The molecule has 0 aliphatic heterocycles. The normalized spacial score (nSPS) is 11.9. The lowest BCUT2D eigenvalue weighted by Gasteiger charge is -2.19. The van der Waals surface area contributed by atoms with Crippen LogP contribution in [0.15, 0.2) is 149 Å². The van der Waals surface area contributed by atoms with E-state index in [9.17, 15) is 0 Å². The van der Waals surface area contributed by atoms with Crippen LogP contribution < -0.4 is 0 Å². The van der Waals surface area contributed by atoms with Gasteiger partial charge in [-0.2, -0.15) is 0 Å². The van der Waals surface area contributed by atoms with Gasteiger partial charge >= 0.3 is 0 Å². The minimum absolute atomic E-state index is 0.129. The Balaban J connectivity index is 1.01. The smallest absolute Gasteiger partial charge is 0.248 e. The molecule has 0 saturated carbocycles. The van der Waals surface area contributed by atoms with E-state index in [0.29, 0.717) is 23.6 Å². The Morgan fingerprint density at radius 1 is 0.469 bits per heavy atom. The zero-order valence-electron chi connectivity index (χ0n) is 28.0. The van der Waals surface area contributed by atoms with Crippen LogP contribution >= 0.6 is 0 Å². The highest BCUT2D eigenvalue weighted by molar-refractivity contribution is 5.75. The molecule has 0 aliphatic carbocycles. The van der Waals surface area contributed by atoms with Gasteiger partial charge in [-0.05, 0) is 99.8 Å². The van der Waals surface area contributed by atoms with E-state index in [2.05, 4.69) is 84.1 Å². The molecule has 240 valence electrons. The lowest BCUT2D eigenvalue weighted by molar-refractivity contribution is 0.584. The molecule has 7 aromatic rings. The second-order valence-corrected chi connectivity index (χ2v) is 12.9. The van der Waals surface area contributed by atoms with Crippen LogP contribution in [0, 0.1) is 0 Å². The van der Waals surface area contributed by atoms with Gasteiger partial charge in [0, 0.05) is 22.3 Å². The SMILES string of the molecule is C=CC(=CC)c1ccc(-c2nnc(-c3ccc(-c4ccc(-c5nnc(-c6ccc(-c7ccc(C(C)(C)C)cc7)cc6)o5)cc4)cc3)o2)cc1. The van der Waals surface area contributed by atoms with Crippen molar-refractivity contribution in [3.8, 4) is 68.1 Å². The summed E-state index contributed by atoms with van der Waals surface area (Å²) >= 11 is 0. The number of allylic oxidation sites excluding steroid dienone is 3. The van der Waals surface area contributed by atoms with E-state index in [0.717, 1.165) is 50.1 Å². The molecule has 0 unspecified atom stereocenters. The van der Waals surface area contributed by atoms with Crippen LogP contribution in [0.25, 0.3) is 73.6 Å². The van der Waals surface area contributed by atoms with Gasteiger partial charge in [0.05, 0.1) is 0 Å². The quantitative estimate of drug-likeness (QED) is 0.154. The van der Waals surface area contributed by atoms with Gasteiger partial charge in [-0.25, -0.2) is 0 Å². The summed E-state index contributed by atoms with van der Waals surface area (Å²) in [7, 11) is 0. The first-order valence-electron chi connectivity index (χ1n) is 16.3. The van der Waals surface area contributed by atoms with Gasteiger partial charge in [0.25, 0.3) is 0 Å². The number of hydrogen-bond acceptors (Lipinski definition) is 6. The third kappa shape index (κ3) is 6.67. The molecular formula is C43H36N4O2. The maximum atomic E-state index is 6.07. The molecule has 0 atom stereocenters. The molecule has 0 spiro atoms. The standard InChI is InChI=1S/C43H36N4O2/c1-6-28(7-2)29-8-16-34(17-9-29)39-44-45-40(48-39)35-18-10-30(11-19-35)31-12-20-36(21-13-31)41-46-47-42(49-41)37-22-14-32(15-23-37)33-24-26-38(27-25-33)43(3,4)5/h6-27H,1H2,2-5H3. The van der Waals surface area contributed by atoms with Crippen molar-refractivity contribution in [2.24, 2.45) is 0 Å². The van der Waals surface area contributed by atoms with E-state index < -0.39 is 0 Å². The third-order valence-electron chi connectivity index (χ3n) is 8.66. The van der Waals surface area contributed by atoms with E-state index in [1.807, 2.05) is 104 Å². The Bertz CT molecular complexity index is 2230. The van der Waals surface area contributed by atoms with Crippen LogP contribution in [0.4, 0.5) is 0 Å². The molecule has 5 aromatic carbocycles. The molecule has 2 heterocycles. The van der Waals surface area contributed by atoms with Crippen LogP contribution in [0.1, 0.15) is 38.8 Å². The zero-order valence-corrected chi connectivity index (χ0v) is 28.0. The first-order valence-corrected chi connectivity index (χ1v) is 16.3. The fourth-order valence-corrected chi connectivity index (χ4v) is 5.70. The molecule has 0 saturated heterocycles. The van der Waals surface area contributed by atoms with Crippen molar-refractivity contribution in [1.29, 1.82) is 0 Å². The fraction of sp³-hybridized carbons (Fsp3) is 0.116. The molecule has 0 radical (unpaired) electrons. The van der Waals surface area contributed by atoms with E-state index >= 15 is 0 Å². The topological polar surface area (TPSA) is 77.8 Å².